The van der Waals surface area contributed by atoms with Gasteiger partial charge in [0.1, 0.15) is 18.2 Å². The summed E-state index contributed by atoms with van der Waals surface area (Å²) in [7, 11) is 0. The zero-order valence-electron chi connectivity index (χ0n) is 12.8. The van der Waals surface area contributed by atoms with Crippen LogP contribution in [0.3, 0.4) is 0 Å². The first kappa shape index (κ1) is 14.3. The van der Waals surface area contributed by atoms with Crippen LogP contribution in [-0.4, -0.2) is 19.6 Å². The standard InChI is InChI=1S/C19H19FN2O/c20-19-4-2-1-3-13(19)12-23-16-5-6-17-14(7-16)8-21-9-15-10-22-11-18(15)17/h1-8,15,21-22H,9-12H2. The molecule has 4 heteroatoms. The molecule has 4 rings (SSSR count). The van der Waals surface area contributed by atoms with Gasteiger partial charge in [0.15, 0.2) is 0 Å². The van der Waals surface area contributed by atoms with Crippen LogP contribution in [0.2, 0.25) is 0 Å². The van der Waals surface area contributed by atoms with Crippen LogP contribution in [0, 0.1) is 11.7 Å². The van der Waals surface area contributed by atoms with Gasteiger partial charge in [-0.1, -0.05) is 24.3 Å². The fraction of sp³-hybridized carbons (Fsp3) is 0.263. The number of ether oxygens (including phenoxy) is 1. The van der Waals surface area contributed by atoms with Crippen LogP contribution < -0.4 is 25.8 Å². The van der Waals surface area contributed by atoms with E-state index in [1.165, 1.54) is 16.9 Å². The van der Waals surface area contributed by atoms with E-state index in [9.17, 15) is 4.39 Å². The van der Waals surface area contributed by atoms with Gasteiger partial charge in [0, 0.05) is 42.5 Å². The van der Waals surface area contributed by atoms with Crippen LogP contribution in [-0.2, 0) is 6.61 Å². The summed E-state index contributed by atoms with van der Waals surface area (Å²) in [6.07, 6.45) is 2.05. The van der Waals surface area contributed by atoms with Crippen molar-refractivity contribution in [1.29, 1.82) is 0 Å². The van der Waals surface area contributed by atoms with Crippen molar-refractivity contribution in [2.75, 3.05) is 19.6 Å². The maximum atomic E-state index is 13.7. The van der Waals surface area contributed by atoms with Crippen molar-refractivity contribution >= 4 is 11.8 Å². The molecule has 2 aliphatic heterocycles. The Morgan fingerprint density at radius 3 is 2.96 bits per heavy atom. The Morgan fingerprint density at radius 2 is 2.04 bits per heavy atom. The molecule has 1 atom stereocenters. The number of halogens is 1. The quantitative estimate of drug-likeness (QED) is 0.891. The van der Waals surface area contributed by atoms with Crippen LogP contribution in [0.25, 0.3) is 11.8 Å². The minimum absolute atomic E-state index is 0.231. The van der Waals surface area contributed by atoms with Gasteiger partial charge in [0.2, 0.25) is 0 Å². The zero-order valence-corrected chi connectivity index (χ0v) is 12.8. The minimum Gasteiger partial charge on any atom is -0.489 e. The summed E-state index contributed by atoms with van der Waals surface area (Å²) in [6, 6.07) is 12.8. The molecular formula is C19H19FN2O. The predicted molar refractivity (Wildman–Crippen MR) is 88.7 cm³/mol. The van der Waals surface area contributed by atoms with Crippen LogP contribution in [0.15, 0.2) is 42.5 Å². The van der Waals surface area contributed by atoms with Gasteiger partial charge in [0.25, 0.3) is 0 Å². The van der Waals surface area contributed by atoms with E-state index in [-0.39, 0.29) is 12.4 Å². The van der Waals surface area contributed by atoms with Crippen molar-refractivity contribution in [1.82, 2.24) is 10.6 Å². The molecule has 3 nitrogen and oxygen atoms in total. The third kappa shape index (κ3) is 2.82. The van der Waals surface area contributed by atoms with Gasteiger partial charge < -0.3 is 15.4 Å². The van der Waals surface area contributed by atoms with Gasteiger partial charge in [-0.15, -0.1) is 0 Å². The maximum Gasteiger partial charge on any atom is 0.129 e. The molecule has 2 aromatic carbocycles. The zero-order chi connectivity index (χ0) is 15.6. The second kappa shape index (κ2) is 6.05. The smallest absolute Gasteiger partial charge is 0.129 e. The molecule has 23 heavy (non-hydrogen) atoms. The molecule has 1 fully saturated rings. The van der Waals surface area contributed by atoms with Crippen LogP contribution in [0.4, 0.5) is 4.39 Å². The van der Waals surface area contributed by atoms with Gasteiger partial charge in [-0.25, -0.2) is 4.39 Å². The summed E-state index contributed by atoms with van der Waals surface area (Å²) in [5.41, 5.74) is 2.03. The normalized spacial score (nSPS) is 19.2. The molecule has 1 saturated heterocycles. The number of fused-ring (bicyclic) bond motifs is 2. The molecule has 0 aromatic heterocycles. The first-order valence-corrected chi connectivity index (χ1v) is 7.95. The molecule has 0 bridgehead atoms. The van der Waals surface area contributed by atoms with Gasteiger partial charge in [-0.2, -0.15) is 0 Å². The second-order valence-corrected chi connectivity index (χ2v) is 6.03. The van der Waals surface area contributed by atoms with E-state index in [4.69, 9.17) is 4.74 Å². The van der Waals surface area contributed by atoms with E-state index in [1.807, 2.05) is 18.2 Å². The van der Waals surface area contributed by atoms with E-state index < -0.39 is 0 Å². The molecule has 0 spiro atoms. The summed E-state index contributed by atoms with van der Waals surface area (Å²) in [5.74, 6) is 1.08. The highest BCUT2D eigenvalue weighted by atomic mass is 19.1. The topological polar surface area (TPSA) is 33.3 Å². The number of benzene rings is 2. The van der Waals surface area contributed by atoms with E-state index in [1.54, 1.807) is 12.1 Å². The second-order valence-electron chi connectivity index (χ2n) is 6.03. The number of nitrogens with one attached hydrogen (secondary N) is 2. The fourth-order valence-electron chi connectivity index (χ4n) is 3.29. The Labute approximate surface area is 134 Å². The Morgan fingerprint density at radius 1 is 1.13 bits per heavy atom. The van der Waals surface area contributed by atoms with Crippen LogP contribution in [0.1, 0.15) is 5.56 Å². The van der Waals surface area contributed by atoms with Crippen molar-refractivity contribution in [2.24, 2.45) is 5.92 Å². The lowest BCUT2D eigenvalue weighted by molar-refractivity contribution is 0.299. The SMILES string of the molecule is Fc1ccccc1COc1ccc2c(c1)=CNCC1CNCC=21. The first-order valence-electron chi connectivity index (χ1n) is 7.95. The third-order valence-electron chi connectivity index (χ3n) is 4.54. The largest absolute Gasteiger partial charge is 0.489 e. The lowest BCUT2D eigenvalue weighted by Gasteiger charge is -2.09. The van der Waals surface area contributed by atoms with E-state index >= 15 is 0 Å². The lowest BCUT2D eigenvalue weighted by Crippen LogP contribution is -2.28. The maximum absolute atomic E-state index is 13.7. The predicted octanol–water partition coefficient (Wildman–Crippen LogP) is 1.12. The highest BCUT2D eigenvalue weighted by molar-refractivity contribution is 5.55. The Bertz CT molecular complexity index is 847. The molecule has 0 radical (unpaired) electrons. The van der Waals surface area contributed by atoms with Crippen molar-refractivity contribution in [3.8, 4) is 5.75 Å². The molecule has 2 heterocycles. The third-order valence-corrected chi connectivity index (χ3v) is 4.54. The van der Waals surface area contributed by atoms with Crippen molar-refractivity contribution < 1.29 is 9.13 Å². The van der Waals surface area contributed by atoms with Crippen LogP contribution >= 0.6 is 0 Å². The monoisotopic (exact) mass is 310 g/mol. The molecule has 2 aliphatic rings. The summed E-state index contributed by atoms with van der Waals surface area (Å²) >= 11 is 0. The molecule has 0 aliphatic carbocycles. The van der Waals surface area contributed by atoms with E-state index in [0.717, 1.165) is 30.6 Å². The van der Waals surface area contributed by atoms with Crippen molar-refractivity contribution in [2.45, 2.75) is 6.61 Å². The summed E-state index contributed by atoms with van der Waals surface area (Å²) in [5, 5.41) is 9.24. The Balaban J connectivity index is 1.63. The van der Waals surface area contributed by atoms with E-state index in [2.05, 4.69) is 22.9 Å². The van der Waals surface area contributed by atoms with Crippen LogP contribution in [0.5, 0.6) is 5.75 Å². The number of rotatable bonds is 3. The number of hydrogen-bond acceptors (Lipinski definition) is 3. The van der Waals surface area contributed by atoms with Gasteiger partial charge in [-0.3, -0.25) is 0 Å². The summed E-state index contributed by atoms with van der Waals surface area (Å²) in [6.45, 7) is 3.17. The average molecular weight is 310 g/mol. The van der Waals surface area contributed by atoms with Gasteiger partial charge >= 0.3 is 0 Å². The fourth-order valence-corrected chi connectivity index (χ4v) is 3.29. The average Bonchev–Trinajstić information content (AvgIpc) is 2.96. The molecule has 118 valence electrons. The first-order chi connectivity index (χ1) is 11.3. The molecule has 2 aromatic rings. The van der Waals surface area contributed by atoms with Crippen molar-refractivity contribution in [3.63, 3.8) is 0 Å². The molecule has 0 amide bonds. The highest BCUT2D eigenvalue weighted by Gasteiger charge is 2.22. The Kier molecular flexibility index (Phi) is 3.75. The van der Waals surface area contributed by atoms with Gasteiger partial charge in [-0.05, 0) is 29.0 Å². The highest BCUT2D eigenvalue weighted by Crippen LogP contribution is 2.16. The molecule has 1 unspecified atom stereocenters. The molecule has 0 saturated carbocycles. The minimum atomic E-state index is -0.231. The number of hydrogen-bond donors (Lipinski definition) is 2. The summed E-state index contributed by atoms with van der Waals surface area (Å²) < 4.78 is 19.4. The van der Waals surface area contributed by atoms with Crippen molar-refractivity contribution in [3.05, 3.63) is 64.3 Å². The summed E-state index contributed by atoms with van der Waals surface area (Å²) in [4.78, 5) is 0. The lowest BCUT2D eigenvalue weighted by atomic mass is 10.0. The Hall–Kier alpha value is -2.33. The molecular weight excluding hydrogens is 291 g/mol. The van der Waals surface area contributed by atoms with Gasteiger partial charge in [0.05, 0.1) is 0 Å². The molecule has 2 N–H and O–H groups in total. The van der Waals surface area contributed by atoms with E-state index in [0.29, 0.717) is 11.5 Å².